The lowest BCUT2D eigenvalue weighted by Crippen LogP contribution is -2.50. The van der Waals surface area contributed by atoms with Crippen molar-refractivity contribution in [2.24, 2.45) is 5.41 Å². The van der Waals surface area contributed by atoms with Crippen LogP contribution < -0.4 is 0 Å². The Balaban J connectivity index is 2.03. The molecule has 0 amide bonds. The molecule has 1 heteroatoms. The van der Waals surface area contributed by atoms with Crippen molar-refractivity contribution in [2.45, 2.75) is 44.9 Å². The van der Waals surface area contributed by atoms with Crippen molar-refractivity contribution >= 4 is 11.8 Å². The Labute approximate surface area is 120 Å². The Hall–Kier alpha value is -0.690. The molecule has 0 N–H and O–H groups in total. The zero-order chi connectivity index (χ0) is 13.1. The molecule has 1 aromatic carbocycles. The van der Waals surface area contributed by atoms with Crippen molar-refractivity contribution in [2.75, 3.05) is 11.5 Å². The largest absolute Gasteiger partial charge is 0.160 e. The molecular formula is C18H22S. The summed E-state index contributed by atoms with van der Waals surface area (Å²) in [5, 5.41) is 0. The monoisotopic (exact) mass is 270 g/mol. The quantitative estimate of drug-likeness (QED) is 0.622. The lowest BCUT2D eigenvalue weighted by molar-refractivity contribution is 0.141. The van der Waals surface area contributed by atoms with Gasteiger partial charge in [-0.2, -0.15) is 11.8 Å². The Morgan fingerprint density at radius 2 is 1.79 bits per heavy atom. The van der Waals surface area contributed by atoms with Crippen LogP contribution in [0, 0.1) is 19.3 Å². The van der Waals surface area contributed by atoms with Crippen LogP contribution in [0.1, 0.15) is 41.5 Å². The molecule has 0 saturated carbocycles. The average molecular weight is 270 g/mol. The first kappa shape index (κ1) is 12.1. The molecule has 0 radical (unpaired) electrons. The van der Waals surface area contributed by atoms with Crippen molar-refractivity contribution in [3.05, 3.63) is 46.5 Å². The summed E-state index contributed by atoms with van der Waals surface area (Å²) >= 11 is 2.20. The van der Waals surface area contributed by atoms with E-state index in [9.17, 15) is 0 Å². The van der Waals surface area contributed by atoms with Crippen LogP contribution in [-0.4, -0.2) is 11.5 Å². The highest BCUT2D eigenvalue weighted by Gasteiger charge is 2.58. The maximum Gasteiger partial charge on any atom is 0.0151 e. The summed E-state index contributed by atoms with van der Waals surface area (Å²) in [6, 6.07) is 4.69. The number of rotatable bonds is 0. The fraction of sp³-hybridized carbons (Fsp3) is 0.556. The van der Waals surface area contributed by atoms with Gasteiger partial charge in [-0.05, 0) is 67.2 Å². The molecule has 0 spiro atoms. The number of allylic oxidation sites excluding steroid dienone is 2. The maximum atomic E-state index is 2.46. The van der Waals surface area contributed by atoms with Crippen molar-refractivity contribution in [1.29, 1.82) is 0 Å². The van der Waals surface area contributed by atoms with Gasteiger partial charge in [-0.1, -0.05) is 24.3 Å². The summed E-state index contributed by atoms with van der Waals surface area (Å²) in [6.45, 7) is 4.65. The fourth-order valence-electron chi connectivity index (χ4n) is 4.91. The average Bonchev–Trinajstić information content (AvgIpc) is 2.82. The molecule has 19 heavy (non-hydrogen) atoms. The Morgan fingerprint density at radius 3 is 2.68 bits per heavy atom. The van der Waals surface area contributed by atoms with Gasteiger partial charge < -0.3 is 0 Å². The van der Waals surface area contributed by atoms with Crippen LogP contribution in [0.3, 0.4) is 0 Å². The lowest BCUT2D eigenvalue weighted by atomic mass is 9.50. The van der Waals surface area contributed by atoms with Crippen molar-refractivity contribution in [3.63, 3.8) is 0 Å². The van der Waals surface area contributed by atoms with E-state index in [2.05, 4.69) is 49.9 Å². The highest BCUT2D eigenvalue weighted by molar-refractivity contribution is 7.99. The predicted molar refractivity (Wildman–Crippen MR) is 84.0 cm³/mol. The number of hydrogen-bond acceptors (Lipinski definition) is 1. The Bertz CT molecular complexity index is 571. The summed E-state index contributed by atoms with van der Waals surface area (Å²) in [4.78, 5) is 0. The van der Waals surface area contributed by atoms with Gasteiger partial charge in [0.1, 0.15) is 0 Å². The minimum atomic E-state index is 0.454. The molecule has 1 heterocycles. The van der Waals surface area contributed by atoms with Gasteiger partial charge >= 0.3 is 0 Å². The molecule has 0 aromatic heterocycles. The van der Waals surface area contributed by atoms with E-state index >= 15 is 0 Å². The molecule has 0 unspecified atom stereocenters. The van der Waals surface area contributed by atoms with E-state index < -0.39 is 0 Å². The van der Waals surface area contributed by atoms with Gasteiger partial charge in [-0.25, -0.2) is 0 Å². The standard InChI is InChI=1S/C18H22S/c1-13-5-6-14(2)16-15(13)7-10-17-8-3-4-9-18(16,17)12-19-11-17/h3-6H,7-12H2,1-2H3/t17-,18+/m0/s1. The molecule has 3 aliphatic rings. The minimum Gasteiger partial charge on any atom is -0.160 e. The summed E-state index contributed by atoms with van der Waals surface area (Å²) in [7, 11) is 0. The molecule has 0 nitrogen and oxygen atoms in total. The second-order valence-electron chi connectivity index (χ2n) is 6.79. The normalized spacial score (nSPS) is 35.7. The van der Waals surface area contributed by atoms with Gasteiger partial charge in [0.15, 0.2) is 0 Å². The summed E-state index contributed by atoms with van der Waals surface area (Å²) in [5.74, 6) is 2.72. The minimum absolute atomic E-state index is 0.454. The molecular weight excluding hydrogens is 248 g/mol. The van der Waals surface area contributed by atoms with E-state index in [1.165, 1.54) is 42.8 Å². The number of thioether (sulfide) groups is 1. The molecule has 2 aliphatic carbocycles. The van der Waals surface area contributed by atoms with Gasteiger partial charge in [0.05, 0.1) is 0 Å². The third kappa shape index (κ3) is 1.38. The van der Waals surface area contributed by atoms with Gasteiger partial charge in [-0.15, -0.1) is 0 Å². The zero-order valence-corrected chi connectivity index (χ0v) is 12.8. The van der Waals surface area contributed by atoms with Crippen LogP contribution in [0.2, 0.25) is 0 Å². The third-order valence-corrected chi connectivity index (χ3v) is 7.42. The zero-order valence-electron chi connectivity index (χ0n) is 12.0. The topological polar surface area (TPSA) is 0 Å². The van der Waals surface area contributed by atoms with Crippen molar-refractivity contribution in [3.8, 4) is 0 Å². The molecule has 4 rings (SSSR count). The molecule has 0 bridgehead atoms. The number of benzene rings is 1. The highest BCUT2D eigenvalue weighted by atomic mass is 32.2. The predicted octanol–water partition coefficient (Wildman–Crippen LogP) is 4.57. The molecule has 100 valence electrons. The van der Waals surface area contributed by atoms with Crippen LogP contribution in [0.15, 0.2) is 24.3 Å². The fourth-order valence-corrected chi connectivity index (χ4v) is 6.86. The number of fused-ring (bicyclic) bond motifs is 1. The maximum absolute atomic E-state index is 2.46. The first-order chi connectivity index (χ1) is 9.19. The van der Waals surface area contributed by atoms with Gasteiger partial charge in [0.25, 0.3) is 0 Å². The Kier molecular flexibility index (Phi) is 2.49. The van der Waals surface area contributed by atoms with Crippen molar-refractivity contribution in [1.82, 2.24) is 0 Å². The second kappa shape index (κ2) is 3.91. The molecule has 1 aliphatic heterocycles. The summed E-state index contributed by atoms with van der Waals surface area (Å²) < 4.78 is 0. The molecule has 2 atom stereocenters. The van der Waals surface area contributed by atoms with E-state index in [-0.39, 0.29) is 0 Å². The van der Waals surface area contributed by atoms with E-state index in [4.69, 9.17) is 0 Å². The lowest BCUT2D eigenvalue weighted by Gasteiger charge is -2.52. The van der Waals surface area contributed by atoms with Gasteiger partial charge in [-0.3, -0.25) is 0 Å². The second-order valence-corrected chi connectivity index (χ2v) is 7.77. The van der Waals surface area contributed by atoms with Gasteiger partial charge in [0.2, 0.25) is 0 Å². The first-order valence-electron chi connectivity index (χ1n) is 7.51. The molecule has 1 fully saturated rings. The first-order valence-corrected chi connectivity index (χ1v) is 8.66. The van der Waals surface area contributed by atoms with Crippen LogP contribution in [0.4, 0.5) is 0 Å². The van der Waals surface area contributed by atoms with Crippen molar-refractivity contribution < 1.29 is 0 Å². The summed E-state index contributed by atoms with van der Waals surface area (Å²) in [5.41, 5.74) is 7.52. The molecule has 1 aromatic rings. The molecule has 1 saturated heterocycles. The summed E-state index contributed by atoms with van der Waals surface area (Å²) in [6.07, 6.45) is 10.2. The van der Waals surface area contributed by atoms with E-state index in [1.54, 1.807) is 16.7 Å². The van der Waals surface area contributed by atoms with Crippen LogP contribution >= 0.6 is 11.8 Å². The third-order valence-electron chi connectivity index (χ3n) is 5.97. The smallest absolute Gasteiger partial charge is 0.0151 e. The SMILES string of the molecule is Cc1ccc(C)c2c1CC[C@]13CC=CC[C@@]21CSC3. The van der Waals surface area contributed by atoms with Crippen LogP contribution in [0.5, 0.6) is 0 Å². The van der Waals surface area contributed by atoms with E-state index in [0.29, 0.717) is 10.8 Å². The van der Waals surface area contributed by atoms with Crippen LogP contribution in [0.25, 0.3) is 0 Å². The highest BCUT2D eigenvalue weighted by Crippen LogP contribution is 2.63. The van der Waals surface area contributed by atoms with E-state index in [1.807, 2.05) is 0 Å². The Morgan fingerprint density at radius 1 is 1.00 bits per heavy atom. The van der Waals surface area contributed by atoms with Gasteiger partial charge in [0, 0.05) is 16.9 Å². The number of aryl methyl sites for hydroxylation is 2. The number of hydrogen-bond donors (Lipinski definition) is 0. The van der Waals surface area contributed by atoms with Crippen LogP contribution in [-0.2, 0) is 11.8 Å². The van der Waals surface area contributed by atoms with E-state index in [0.717, 1.165) is 0 Å².